The van der Waals surface area contributed by atoms with Gasteiger partial charge in [0.2, 0.25) is 0 Å². The number of anilines is 1. The van der Waals surface area contributed by atoms with E-state index < -0.39 is 0 Å². The van der Waals surface area contributed by atoms with Gasteiger partial charge in [-0.25, -0.2) is 4.98 Å². The Kier molecular flexibility index (Phi) is 4.13. The summed E-state index contributed by atoms with van der Waals surface area (Å²) >= 11 is 0. The first-order valence-electron chi connectivity index (χ1n) is 7.68. The van der Waals surface area contributed by atoms with Gasteiger partial charge in [-0.3, -0.25) is 4.79 Å². The Bertz CT molecular complexity index is 672. The summed E-state index contributed by atoms with van der Waals surface area (Å²) in [6, 6.07) is 5.76. The Labute approximate surface area is 130 Å². The summed E-state index contributed by atoms with van der Waals surface area (Å²) in [5, 5.41) is 2.94. The number of aromatic nitrogens is 1. The van der Waals surface area contributed by atoms with Crippen LogP contribution in [-0.2, 0) is 6.54 Å². The Morgan fingerprint density at radius 1 is 1.32 bits per heavy atom. The maximum Gasteiger partial charge on any atom is 0.255 e. The molecule has 2 aromatic rings. The third kappa shape index (κ3) is 3.13. The molecule has 0 radical (unpaired) electrons. The summed E-state index contributed by atoms with van der Waals surface area (Å²) in [7, 11) is 0. The van der Waals surface area contributed by atoms with E-state index in [1.807, 2.05) is 19.2 Å². The van der Waals surface area contributed by atoms with E-state index in [1.165, 1.54) is 12.8 Å². The fourth-order valence-corrected chi connectivity index (χ4v) is 2.82. The number of rotatable bonds is 4. The topological polar surface area (TPSA) is 58.4 Å². The van der Waals surface area contributed by atoms with Crippen LogP contribution in [0, 0.1) is 13.8 Å². The molecule has 1 saturated heterocycles. The molecule has 22 heavy (non-hydrogen) atoms. The lowest BCUT2D eigenvalue weighted by Gasteiger charge is -2.16. The number of amides is 1. The number of furan rings is 1. The number of hydrogen-bond donors (Lipinski definition) is 1. The minimum atomic E-state index is -0.103. The molecule has 0 atom stereocenters. The first-order chi connectivity index (χ1) is 10.6. The summed E-state index contributed by atoms with van der Waals surface area (Å²) in [4.78, 5) is 18.9. The number of pyridine rings is 1. The predicted octanol–water partition coefficient (Wildman–Crippen LogP) is 2.82. The molecule has 0 saturated carbocycles. The molecule has 5 nitrogen and oxygen atoms in total. The molecule has 1 amide bonds. The first-order valence-corrected chi connectivity index (χ1v) is 7.68. The van der Waals surface area contributed by atoms with Gasteiger partial charge >= 0.3 is 0 Å². The van der Waals surface area contributed by atoms with Crippen molar-refractivity contribution in [2.45, 2.75) is 33.2 Å². The van der Waals surface area contributed by atoms with Crippen molar-refractivity contribution in [2.24, 2.45) is 0 Å². The maximum absolute atomic E-state index is 12.2. The number of carbonyl (C=O) groups excluding carboxylic acids is 1. The van der Waals surface area contributed by atoms with Crippen LogP contribution in [-0.4, -0.2) is 24.0 Å². The van der Waals surface area contributed by atoms with E-state index in [0.29, 0.717) is 17.9 Å². The Morgan fingerprint density at radius 3 is 2.77 bits per heavy atom. The van der Waals surface area contributed by atoms with Crippen LogP contribution in [0.5, 0.6) is 0 Å². The maximum atomic E-state index is 12.2. The largest absolute Gasteiger partial charge is 0.466 e. The fraction of sp³-hybridized carbons (Fsp3) is 0.412. The molecular formula is C17H21N3O2. The van der Waals surface area contributed by atoms with Crippen LogP contribution in [0.2, 0.25) is 0 Å². The smallest absolute Gasteiger partial charge is 0.255 e. The molecular weight excluding hydrogens is 278 g/mol. The van der Waals surface area contributed by atoms with E-state index in [2.05, 4.69) is 21.3 Å². The van der Waals surface area contributed by atoms with Crippen molar-refractivity contribution in [3.63, 3.8) is 0 Å². The molecule has 2 aromatic heterocycles. The fourth-order valence-electron chi connectivity index (χ4n) is 2.82. The van der Waals surface area contributed by atoms with Crippen LogP contribution in [0.15, 0.2) is 28.8 Å². The summed E-state index contributed by atoms with van der Waals surface area (Å²) in [5.74, 6) is 2.30. The molecule has 0 unspecified atom stereocenters. The lowest BCUT2D eigenvalue weighted by atomic mass is 10.2. The van der Waals surface area contributed by atoms with Gasteiger partial charge in [-0.1, -0.05) is 0 Å². The Hall–Kier alpha value is -2.30. The second kappa shape index (κ2) is 6.22. The number of aryl methyl sites for hydroxylation is 2. The normalized spacial score (nSPS) is 14.4. The monoisotopic (exact) mass is 299 g/mol. The van der Waals surface area contributed by atoms with Crippen molar-refractivity contribution < 1.29 is 9.21 Å². The highest BCUT2D eigenvalue weighted by molar-refractivity contribution is 5.95. The second-order valence-electron chi connectivity index (χ2n) is 5.73. The van der Waals surface area contributed by atoms with Gasteiger partial charge < -0.3 is 14.6 Å². The number of nitrogens with zero attached hydrogens (tertiary/aromatic N) is 2. The molecule has 3 rings (SSSR count). The Balaban J connectivity index is 1.65. The van der Waals surface area contributed by atoms with Gasteiger partial charge in [0.05, 0.1) is 5.56 Å². The number of carbonyl (C=O) groups is 1. The molecule has 116 valence electrons. The molecule has 0 aliphatic carbocycles. The van der Waals surface area contributed by atoms with E-state index >= 15 is 0 Å². The molecule has 0 aromatic carbocycles. The van der Waals surface area contributed by atoms with Crippen molar-refractivity contribution in [3.05, 3.63) is 47.0 Å². The Morgan fingerprint density at radius 2 is 2.09 bits per heavy atom. The highest BCUT2D eigenvalue weighted by Crippen LogP contribution is 2.18. The van der Waals surface area contributed by atoms with Crippen LogP contribution in [0.1, 0.15) is 40.3 Å². The summed E-state index contributed by atoms with van der Waals surface area (Å²) in [6.45, 7) is 6.27. The minimum Gasteiger partial charge on any atom is -0.466 e. The van der Waals surface area contributed by atoms with Gasteiger partial charge in [0, 0.05) is 25.8 Å². The van der Waals surface area contributed by atoms with Gasteiger partial charge in [0.15, 0.2) is 0 Å². The lowest BCUT2D eigenvalue weighted by Crippen LogP contribution is -2.23. The molecule has 1 fully saturated rings. The van der Waals surface area contributed by atoms with E-state index in [0.717, 1.165) is 30.2 Å². The average Bonchev–Trinajstić information content (AvgIpc) is 3.15. The molecule has 1 aliphatic rings. The van der Waals surface area contributed by atoms with Gasteiger partial charge in [0.1, 0.15) is 17.3 Å². The van der Waals surface area contributed by atoms with E-state index in [4.69, 9.17) is 4.42 Å². The van der Waals surface area contributed by atoms with Crippen molar-refractivity contribution in [1.29, 1.82) is 0 Å². The third-order valence-corrected chi connectivity index (χ3v) is 3.98. The van der Waals surface area contributed by atoms with Crippen molar-refractivity contribution in [3.8, 4) is 0 Å². The van der Waals surface area contributed by atoms with Crippen molar-refractivity contribution in [2.75, 3.05) is 18.0 Å². The second-order valence-corrected chi connectivity index (χ2v) is 5.73. The van der Waals surface area contributed by atoms with Gasteiger partial charge in [0.25, 0.3) is 5.91 Å². The van der Waals surface area contributed by atoms with Gasteiger partial charge in [-0.2, -0.15) is 0 Å². The molecule has 5 heteroatoms. The average molecular weight is 299 g/mol. The van der Waals surface area contributed by atoms with E-state index in [1.54, 1.807) is 13.0 Å². The van der Waals surface area contributed by atoms with Crippen LogP contribution in [0.4, 0.5) is 5.82 Å². The number of nitrogens with one attached hydrogen (secondary N) is 1. The van der Waals surface area contributed by atoms with Gasteiger partial charge in [-0.15, -0.1) is 0 Å². The SMILES string of the molecule is Cc1cc(C(=O)NCc2ccnc(N3CCCC3)c2)c(C)o1. The zero-order chi connectivity index (χ0) is 15.5. The predicted molar refractivity (Wildman–Crippen MR) is 85.0 cm³/mol. The van der Waals surface area contributed by atoms with Crippen LogP contribution in [0.25, 0.3) is 0 Å². The number of hydrogen-bond acceptors (Lipinski definition) is 4. The first kappa shape index (κ1) is 14.6. The van der Waals surface area contributed by atoms with Crippen molar-refractivity contribution in [1.82, 2.24) is 10.3 Å². The van der Waals surface area contributed by atoms with Crippen LogP contribution in [0.3, 0.4) is 0 Å². The molecule has 0 bridgehead atoms. The highest BCUT2D eigenvalue weighted by Gasteiger charge is 2.15. The zero-order valence-corrected chi connectivity index (χ0v) is 13.1. The quantitative estimate of drug-likeness (QED) is 0.943. The van der Waals surface area contributed by atoms with Crippen LogP contribution >= 0.6 is 0 Å². The third-order valence-electron chi connectivity index (χ3n) is 3.98. The lowest BCUT2D eigenvalue weighted by molar-refractivity contribution is 0.0949. The molecule has 0 spiro atoms. The van der Waals surface area contributed by atoms with Crippen LogP contribution < -0.4 is 10.2 Å². The van der Waals surface area contributed by atoms with E-state index in [9.17, 15) is 4.79 Å². The summed E-state index contributed by atoms with van der Waals surface area (Å²) in [6.07, 6.45) is 4.26. The van der Waals surface area contributed by atoms with E-state index in [-0.39, 0.29) is 5.91 Å². The highest BCUT2D eigenvalue weighted by atomic mass is 16.3. The summed E-state index contributed by atoms with van der Waals surface area (Å²) < 4.78 is 5.40. The van der Waals surface area contributed by atoms with Crippen molar-refractivity contribution >= 4 is 11.7 Å². The van der Waals surface area contributed by atoms with Gasteiger partial charge in [-0.05, 0) is 50.5 Å². The molecule has 1 N–H and O–H groups in total. The summed E-state index contributed by atoms with van der Waals surface area (Å²) in [5.41, 5.74) is 1.66. The molecule has 3 heterocycles. The minimum absolute atomic E-state index is 0.103. The molecule has 1 aliphatic heterocycles. The zero-order valence-electron chi connectivity index (χ0n) is 13.1. The standard InChI is InChI=1S/C17H21N3O2/c1-12-9-15(13(2)22-12)17(21)19-11-14-5-6-18-16(10-14)20-7-3-4-8-20/h5-6,9-10H,3-4,7-8,11H2,1-2H3,(H,19,21).